The zero-order chi connectivity index (χ0) is 22.9. The largest absolute Gasteiger partial charge is 0.382 e. The number of nitrogens with zero attached hydrogens (tertiary/aromatic N) is 1. The molecule has 0 aliphatic rings. The summed E-state index contributed by atoms with van der Waals surface area (Å²) in [6.45, 7) is 13.1. The van der Waals surface area contributed by atoms with Crippen LogP contribution in [0.4, 0.5) is 11.4 Å². The molecular formula is C24H39Cl3N2O. The molecule has 3 nitrogen and oxygen atoms in total. The van der Waals surface area contributed by atoms with Crippen LogP contribution in [0.25, 0.3) is 0 Å². The number of hydrogen-bond donors (Lipinski definition) is 1. The van der Waals surface area contributed by atoms with Crippen molar-refractivity contribution in [2.75, 3.05) is 10.2 Å². The van der Waals surface area contributed by atoms with E-state index in [9.17, 15) is 4.79 Å². The molecule has 6 heteroatoms. The Balaban J connectivity index is 3.12. The Morgan fingerprint density at radius 3 is 1.87 bits per heavy atom. The fourth-order valence-corrected chi connectivity index (χ4v) is 3.92. The van der Waals surface area contributed by atoms with Gasteiger partial charge < -0.3 is 10.2 Å². The van der Waals surface area contributed by atoms with E-state index < -0.39 is 9.70 Å². The maximum absolute atomic E-state index is 13.0. The molecule has 172 valence electrons. The number of halogens is 3. The third-order valence-corrected chi connectivity index (χ3v) is 6.55. The van der Waals surface area contributed by atoms with Crippen LogP contribution in [0.5, 0.6) is 0 Å². The number of anilines is 2. The maximum atomic E-state index is 13.0. The van der Waals surface area contributed by atoms with Crippen LogP contribution in [-0.4, -0.2) is 21.8 Å². The Hall–Kier alpha value is -0.640. The van der Waals surface area contributed by atoms with Gasteiger partial charge in [-0.05, 0) is 61.8 Å². The number of hydrogen-bond acceptors (Lipinski definition) is 2. The van der Waals surface area contributed by atoms with Crippen LogP contribution in [0, 0.1) is 11.8 Å². The van der Waals surface area contributed by atoms with Crippen LogP contribution in [0.15, 0.2) is 24.3 Å². The summed E-state index contributed by atoms with van der Waals surface area (Å²) in [7, 11) is 0. The van der Waals surface area contributed by atoms with Crippen molar-refractivity contribution in [3.8, 4) is 0 Å². The maximum Gasteiger partial charge on any atom is 0.279 e. The van der Waals surface area contributed by atoms with Gasteiger partial charge in [-0.1, -0.05) is 89.2 Å². The second kappa shape index (κ2) is 13.0. The average molecular weight is 478 g/mol. The second-order valence-electron chi connectivity index (χ2n) is 8.53. The highest BCUT2D eigenvalue weighted by molar-refractivity contribution is 6.77. The fraction of sp³-hybridized carbons (Fsp3) is 0.708. The number of amides is 1. The molecule has 0 aliphatic heterocycles. The third-order valence-electron chi connectivity index (χ3n) is 6.06. The monoisotopic (exact) mass is 476 g/mol. The molecule has 0 saturated heterocycles. The molecule has 0 spiro atoms. The molecule has 30 heavy (non-hydrogen) atoms. The molecule has 0 radical (unpaired) electrons. The van der Waals surface area contributed by atoms with Gasteiger partial charge in [-0.2, -0.15) is 0 Å². The second-order valence-corrected chi connectivity index (χ2v) is 10.8. The van der Waals surface area contributed by atoms with E-state index in [1.54, 1.807) is 4.90 Å². The number of rotatable bonds is 12. The van der Waals surface area contributed by atoms with Gasteiger partial charge in [0, 0.05) is 23.5 Å². The first-order valence-electron chi connectivity index (χ1n) is 11.3. The Labute approximate surface area is 198 Å². The smallest absolute Gasteiger partial charge is 0.279 e. The first-order valence-corrected chi connectivity index (χ1v) is 12.5. The SMILES string of the molecule is CCC(C)CC(CC)Nc1ccc(N(C(=O)C(Cl)(Cl)Cl)C(CC)CC(C)CC)cc1. The van der Waals surface area contributed by atoms with E-state index in [0.717, 1.165) is 43.5 Å². The van der Waals surface area contributed by atoms with E-state index in [2.05, 4.69) is 46.9 Å². The highest BCUT2D eigenvalue weighted by Gasteiger charge is 2.39. The van der Waals surface area contributed by atoms with Gasteiger partial charge in [-0.25, -0.2) is 0 Å². The molecule has 1 aromatic carbocycles. The first kappa shape index (κ1) is 27.4. The van der Waals surface area contributed by atoms with Crippen molar-refractivity contribution >= 4 is 52.1 Å². The van der Waals surface area contributed by atoms with Crippen LogP contribution in [0.2, 0.25) is 0 Å². The molecule has 0 aliphatic carbocycles. The summed E-state index contributed by atoms with van der Waals surface area (Å²) in [4.78, 5) is 14.7. The van der Waals surface area contributed by atoms with Gasteiger partial charge in [-0.15, -0.1) is 0 Å². The Morgan fingerprint density at radius 2 is 1.43 bits per heavy atom. The Bertz CT molecular complexity index is 630. The van der Waals surface area contributed by atoms with Gasteiger partial charge in [-0.3, -0.25) is 4.79 Å². The van der Waals surface area contributed by atoms with Crippen molar-refractivity contribution in [1.29, 1.82) is 0 Å². The number of benzene rings is 1. The number of alkyl halides is 3. The summed E-state index contributed by atoms with van der Waals surface area (Å²) in [5.74, 6) is 0.670. The molecule has 0 heterocycles. The van der Waals surface area contributed by atoms with E-state index in [1.807, 2.05) is 24.3 Å². The molecule has 4 unspecified atom stereocenters. The summed E-state index contributed by atoms with van der Waals surface area (Å²) < 4.78 is -1.98. The summed E-state index contributed by atoms with van der Waals surface area (Å²) in [6.07, 6.45) is 6.09. The van der Waals surface area contributed by atoms with E-state index >= 15 is 0 Å². The predicted octanol–water partition coefficient (Wildman–Crippen LogP) is 8.23. The minimum atomic E-state index is -1.98. The normalized spacial score (nSPS) is 15.9. The van der Waals surface area contributed by atoms with Crippen molar-refractivity contribution in [3.63, 3.8) is 0 Å². The summed E-state index contributed by atoms with van der Waals surface area (Å²) >= 11 is 18.0. The molecule has 1 amide bonds. The molecular weight excluding hydrogens is 439 g/mol. The molecule has 0 fully saturated rings. The average Bonchev–Trinajstić information content (AvgIpc) is 2.72. The quantitative estimate of drug-likeness (QED) is 0.307. The van der Waals surface area contributed by atoms with Crippen molar-refractivity contribution in [1.82, 2.24) is 0 Å². The van der Waals surface area contributed by atoms with E-state index in [0.29, 0.717) is 17.9 Å². The van der Waals surface area contributed by atoms with Crippen molar-refractivity contribution in [3.05, 3.63) is 24.3 Å². The zero-order valence-electron chi connectivity index (χ0n) is 19.4. The first-order chi connectivity index (χ1) is 14.1. The zero-order valence-corrected chi connectivity index (χ0v) is 21.6. The van der Waals surface area contributed by atoms with E-state index in [4.69, 9.17) is 34.8 Å². The predicted molar refractivity (Wildman–Crippen MR) is 134 cm³/mol. The molecule has 1 rings (SSSR count). The summed E-state index contributed by atoms with van der Waals surface area (Å²) in [5.41, 5.74) is 1.81. The van der Waals surface area contributed by atoms with Gasteiger partial charge in [0.25, 0.3) is 9.70 Å². The number of carbonyl (C=O) groups excluding carboxylic acids is 1. The van der Waals surface area contributed by atoms with Crippen LogP contribution in [0.3, 0.4) is 0 Å². The molecule has 0 bridgehead atoms. The van der Waals surface area contributed by atoms with Crippen LogP contribution in [0.1, 0.15) is 80.1 Å². The standard InChI is InChI=1S/C24H39Cl3N2O/c1-7-17(5)15-19(9-3)28-20-11-13-22(14-12-20)29(23(30)24(25,26)27)21(10-4)16-18(6)8-2/h11-14,17-19,21,28H,7-10,15-16H2,1-6H3. The lowest BCUT2D eigenvalue weighted by atomic mass is 9.96. The van der Waals surface area contributed by atoms with Gasteiger partial charge in [0.05, 0.1) is 0 Å². The van der Waals surface area contributed by atoms with Gasteiger partial charge in [0.15, 0.2) is 0 Å². The fourth-order valence-electron chi connectivity index (χ4n) is 3.65. The van der Waals surface area contributed by atoms with Crippen LogP contribution >= 0.6 is 34.8 Å². The lowest BCUT2D eigenvalue weighted by molar-refractivity contribution is -0.118. The molecule has 0 saturated carbocycles. The van der Waals surface area contributed by atoms with Gasteiger partial charge >= 0.3 is 0 Å². The summed E-state index contributed by atoms with van der Waals surface area (Å²) in [6, 6.07) is 8.35. The lowest BCUT2D eigenvalue weighted by Gasteiger charge is -2.35. The highest BCUT2D eigenvalue weighted by atomic mass is 35.6. The van der Waals surface area contributed by atoms with Crippen molar-refractivity contribution in [2.45, 2.75) is 95.9 Å². The Morgan fingerprint density at radius 1 is 0.900 bits per heavy atom. The third kappa shape index (κ3) is 8.48. The number of nitrogens with one attached hydrogen (secondary N) is 1. The van der Waals surface area contributed by atoms with Crippen molar-refractivity contribution < 1.29 is 4.79 Å². The van der Waals surface area contributed by atoms with Crippen LogP contribution in [-0.2, 0) is 4.79 Å². The minimum absolute atomic E-state index is 0.0179. The van der Waals surface area contributed by atoms with E-state index in [1.165, 1.54) is 6.42 Å². The topological polar surface area (TPSA) is 32.3 Å². The van der Waals surface area contributed by atoms with Crippen LogP contribution < -0.4 is 10.2 Å². The van der Waals surface area contributed by atoms with Gasteiger partial charge in [0.2, 0.25) is 0 Å². The summed E-state index contributed by atoms with van der Waals surface area (Å²) in [5, 5.41) is 3.62. The lowest BCUT2D eigenvalue weighted by Crippen LogP contribution is -2.46. The van der Waals surface area contributed by atoms with Gasteiger partial charge in [0.1, 0.15) is 0 Å². The van der Waals surface area contributed by atoms with E-state index in [-0.39, 0.29) is 6.04 Å². The molecule has 1 N–H and O–H groups in total. The molecule has 0 aromatic heterocycles. The minimum Gasteiger partial charge on any atom is -0.382 e. The molecule has 4 atom stereocenters. The molecule has 1 aromatic rings. The Kier molecular flexibility index (Phi) is 11.9. The van der Waals surface area contributed by atoms with Crippen molar-refractivity contribution in [2.24, 2.45) is 11.8 Å². The highest BCUT2D eigenvalue weighted by Crippen LogP contribution is 2.34. The number of carbonyl (C=O) groups is 1.